The minimum atomic E-state index is -0.893. The maximum Gasteiger partial charge on any atom is 0.136 e. The van der Waals surface area contributed by atoms with E-state index in [9.17, 15) is 10.4 Å². The number of hydroxylamine groups is 3. The Morgan fingerprint density at radius 3 is 1.44 bits per heavy atom. The fourth-order valence-corrected chi connectivity index (χ4v) is 4.24. The molecule has 1 fully saturated rings. The van der Waals surface area contributed by atoms with Crippen molar-refractivity contribution in [2.24, 2.45) is 0 Å². The summed E-state index contributed by atoms with van der Waals surface area (Å²) >= 11 is 0. The zero-order valence-corrected chi connectivity index (χ0v) is 19.2. The van der Waals surface area contributed by atoms with Gasteiger partial charge in [-0.3, -0.25) is 0 Å². The number of piperidine rings is 1. The van der Waals surface area contributed by atoms with Crippen molar-refractivity contribution in [1.29, 1.82) is 0 Å². The summed E-state index contributed by atoms with van der Waals surface area (Å²) in [5, 5.41) is 21.8. The number of hydrogen-bond donors (Lipinski definition) is 3. The second kappa shape index (κ2) is 12.2. The first kappa shape index (κ1) is 24.5. The summed E-state index contributed by atoms with van der Waals surface area (Å²) in [5.41, 5.74) is 5.22. The van der Waals surface area contributed by atoms with E-state index in [0.717, 1.165) is 21.8 Å². The quantitative estimate of drug-likeness (QED) is 0.389. The molecule has 1 saturated heterocycles. The average Bonchev–Trinajstić information content (AvgIpc) is 2.89. The van der Waals surface area contributed by atoms with Gasteiger partial charge in [-0.25, -0.2) is 0 Å². The third kappa shape index (κ3) is 6.08. The van der Waals surface area contributed by atoms with Crippen molar-refractivity contribution in [2.45, 2.75) is 57.3 Å². The highest BCUT2D eigenvalue weighted by Gasteiger charge is 2.50. The maximum absolute atomic E-state index is 10.9. The van der Waals surface area contributed by atoms with Crippen LogP contribution in [-0.4, -0.2) is 46.0 Å². The van der Waals surface area contributed by atoms with Gasteiger partial charge in [0.2, 0.25) is 0 Å². The molecule has 180 valence electrons. The summed E-state index contributed by atoms with van der Waals surface area (Å²) in [7, 11) is 0. The van der Waals surface area contributed by atoms with Crippen LogP contribution >= 0.6 is 0 Å². The van der Waals surface area contributed by atoms with Crippen molar-refractivity contribution >= 4 is 0 Å². The number of hydrogen-bond acceptors (Lipinski definition) is 7. The van der Waals surface area contributed by atoms with E-state index in [-0.39, 0.29) is 0 Å². The van der Waals surface area contributed by atoms with Gasteiger partial charge in [0.05, 0.1) is 25.9 Å². The summed E-state index contributed by atoms with van der Waals surface area (Å²) in [6.07, 6.45) is -2.68. The summed E-state index contributed by atoms with van der Waals surface area (Å²) < 4.78 is 18.9. The normalized spacial score (nSPS) is 25.3. The molecule has 0 amide bonds. The molecule has 34 heavy (non-hydrogen) atoms. The lowest BCUT2D eigenvalue weighted by molar-refractivity contribution is -0.306. The zero-order chi connectivity index (χ0) is 23.8. The molecule has 3 N–H and O–H groups in total. The van der Waals surface area contributed by atoms with Crippen LogP contribution in [0.4, 0.5) is 0 Å². The molecule has 0 spiro atoms. The summed E-state index contributed by atoms with van der Waals surface area (Å²) in [5.74, 6) is 0. The van der Waals surface area contributed by atoms with E-state index < -0.39 is 30.5 Å². The number of ether oxygens (including phenoxy) is 3. The van der Waals surface area contributed by atoms with Gasteiger partial charge in [-0.1, -0.05) is 91.0 Å². The molecular formula is C27H32N2O5. The Kier molecular flexibility index (Phi) is 8.79. The van der Waals surface area contributed by atoms with E-state index in [2.05, 4.69) is 5.48 Å². The standard InChI is InChI=1S/C27H32N2O5/c1-20-24(32-17-21-11-5-2-6-12-21)25(33-18-22-13-7-3-8-14-22)26(27(28-30)29(20)31)34-19-23-15-9-4-10-16-23/h2-16,20,24-28,30-31H,17-19H2,1H3/t20-,24+,25+,26-,27?/m0/s1. The Morgan fingerprint density at radius 1 is 0.647 bits per heavy atom. The Morgan fingerprint density at radius 2 is 1.03 bits per heavy atom. The highest BCUT2D eigenvalue weighted by molar-refractivity contribution is 5.16. The van der Waals surface area contributed by atoms with Crippen LogP contribution < -0.4 is 5.48 Å². The van der Waals surface area contributed by atoms with E-state index in [1.807, 2.05) is 97.9 Å². The Balaban J connectivity index is 1.57. The molecule has 7 heteroatoms. The highest BCUT2D eigenvalue weighted by atomic mass is 16.6. The van der Waals surface area contributed by atoms with Crippen molar-refractivity contribution in [3.63, 3.8) is 0 Å². The molecule has 0 aliphatic carbocycles. The lowest BCUT2D eigenvalue weighted by Crippen LogP contribution is -2.69. The third-order valence-corrected chi connectivity index (χ3v) is 6.12. The van der Waals surface area contributed by atoms with E-state index in [1.165, 1.54) is 0 Å². The van der Waals surface area contributed by atoms with Gasteiger partial charge in [-0.2, -0.15) is 10.5 Å². The van der Waals surface area contributed by atoms with Crippen molar-refractivity contribution < 1.29 is 24.6 Å². The molecule has 5 atom stereocenters. The molecule has 0 bridgehead atoms. The molecule has 4 rings (SSSR count). The van der Waals surface area contributed by atoms with Crippen LogP contribution in [0.3, 0.4) is 0 Å². The Labute approximate surface area is 200 Å². The largest absolute Gasteiger partial charge is 0.369 e. The van der Waals surface area contributed by atoms with Gasteiger partial charge >= 0.3 is 0 Å². The topological polar surface area (TPSA) is 83.4 Å². The first-order valence-corrected chi connectivity index (χ1v) is 11.5. The number of nitrogens with one attached hydrogen (secondary N) is 1. The summed E-state index contributed by atoms with van der Waals surface area (Å²) in [6.45, 7) is 2.84. The number of nitrogens with zero attached hydrogens (tertiary/aromatic N) is 1. The Bertz CT molecular complexity index is 976. The van der Waals surface area contributed by atoms with E-state index in [0.29, 0.717) is 19.8 Å². The molecule has 7 nitrogen and oxygen atoms in total. The van der Waals surface area contributed by atoms with Gasteiger partial charge in [0, 0.05) is 0 Å². The predicted octanol–water partition coefficient (Wildman–Crippen LogP) is 4.14. The van der Waals surface area contributed by atoms with Crippen LogP contribution in [0.5, 0.6) is 0 Å². The summed E-state index contributed by atoms with van der Waals surface area (Å²) in [4.78, 5) is 0. The van der Waals surface area contributed by atoms with Crippen molar-refractivity contribution in [3.8, 4) is 0 Å². The lowest BCUT2D eigenvalue weighted by Gasteiger charge is -2.48. The maximum atomic E-state index is 10.9. The fourth-order valence-electron chi connectivity index (χ4n) is 4.24. The van der Waals surface area contributed by atoms with Gasteiger partial charge in [-0.15, -0.1) is 0 Å². The van der Waals surface area contributed by atoms with Crippen LogP contribution in [0.1, 0.15) is 23.6 Å². The van der Waals surface area contributed by atoms with Gasteiger partial charge < -0.3 is 24.6 Å². The first-order valence-electron chi connectivity index (χ1n) is 11.5. The molecular weight excluding hydrogens is 432 g/mol. The van der Waals surface area contributed by atoms with Crippen LogP contribution in [0.15, 0.2) is 91.0 Å². The van der Waals surface area contributed by atoms with E-state index in [1.54, 1.807) is 0 Å². The molecule has 3 aromatic rings. The molecule has 1 aliphatic heterocycles. The molecule has 0 saturated carbocycles. The monoisotopic (exact) mass is 464 g/mol. The molecule has 3 aromatic carbocycles. The van der Waals surface area contributed by atoms with E-state index >= 15 is 0 Å². The van der Waals surface area contributed by atoms with Crippen LogP contribution in [-0.2, 0) is 34.0 Å². The molecule has 1 unspecified atom stereocenters. The van der Waals surface area contributed by atoms with Crippen molar-refractivity contribution in [1.82, 2.24) is 10.5 Å². The van der Waals surface area contributed by atoms with Gasteiger partial charge in [0.1, 0.15) is 24.5 Å². The Hall–Kier alpha value is -2.62. The average molecular weight is 465 g/mol. The van der Waals surface area contributed by atoms with Gasteiger partial charge in [-0.05, 0) is 23.6 Å². The second-order valence-corrected chi connectivity index (χ2v) is 8.48. The van der Waals surface area contributed by atoms with Crippen LogP contribution in [0.2, 0.25) is 0 Å². The predicted molar refractivity (Wildman–Crippen MR) is 127 cm³/mol. The third-order valence-electron chi connectivity index (χ3n) is 6.12. The molecule has 0 radical (unpaired) electrons. The second-order valence-electron chi connectivity index (χ2n) is 8.48. The van der Waals surface area contributed by atoms with Crippen LogP contribution in [0, 0.1) is 0 Å². The molecule has 1 aliphatic rings. The number of rotatable bonds is 10. The first-order chi connectivity index (χ1) is 16.7. The van der Waals surface area contributed by atoms with Crippen molar-refractivity contribution in [3.05, 3.63) is 108 Å². The number of benzene rings is 3. The fraction of sp³-hybridized carbons (Fsp3) is 0.333. The minimum Gasteiger partial charge on any atom is -0.369 e. The van der Waals surface area contributed by atoms with E-state index in [4.69, 9.17) is 14.2 Å². The molecule has 0 aromatic heterocycles. The highest BCUT2D eigenvalue weighted by Crippen LogP contribution is 2.30. The van der Waals surface area contributed by atoms with Crippen molar-refractivity contribution in [2.75, 3.05) is 0 Å². The van der Waals surface area contributed by atoms with Crippen LogP contribution in [0.25, 0.3) is 0 Å². The molecule has 1 heterocycles. The zero-order valence-electron chi connectivity index (χ0n) is 19.2. The SMILES string of the molecule is C[C@H]1[C@@H](OCc2ccccc2)[C@@H](OCc2ccccc2)[C@H](OCc2ccccc2)C(NO)N1O. The van der Waals surface area contributed by atoms with Gasteiger partial charge in [0.15, 0.2) is 0 Å². The minimum absolute atomic E-state index is 0.294. The van der Waals surface area contributed by atoms with Gasteiger partial charge in [0.25, 0.3) is 0 Å². The lowest BCUT2D eigenvalue weighted by atomic mass is 9.93. The summed E-state index contributed by atoms with van der Waals surface area (Å²) in [6, 6.07) is 29.0. The smallest absolute Gasteiger partial charge is 0.136 e.